The second kappa shape index (κ2) is 12.9. The highest BCUT2D eigenvalue weighted by Gasteiger charge is 2.25. The third-order valence-corrected chi connectivity index (χ3v) is 11.8. The first-order chi connectivity index (χ1) is 19.9. The maximum atomic E-state index is 7.01. The summed E-state index contributed by atoms with van der Waals surface area (Å²) in [6.45, 7) is 0. The molecule has 0 aromatic heterocycles. The second-order valence-electron chi connectivity index (χ2n) is 9.39. The molecule has 0 atom stereocenters. The van der Waals surface area contributed by atoms with Crippen LogP contribution in [0.25, 0.3) is 0 Å². The molecule has 5 aromatic carbocycles. The average molecular weight is 553 g/mol. The van der Waals surface area contributed by atoms with Crippen LogP contribution in [0.5, 0.6) is 5.75 Å². The largest absolute Gasteiger partial charge is 0.456 e. The Morgan fingerprint density at radius 2 is 0.900 bits per heavy atom. The molecule has 0 saturated heterocycles. The predicted molar refractivity (Wildman–Crippen MR) is 175 cm³/mol. The average Bonchev–Trinajstić information content (AvgIpc) is 3.26. The van der Waals surface area contributed by atoms with E-state index in [9.17, 15) is 0 Å². The first-order valence-corrected chi connectivity index (χ1v) is 16.2. The van der Waals surface area contributed by atoms with Crippen molar-refractivity contribution in [1.29, 1.82) is 0 Å². The molecule has 0 spiro atoms. The van der Waals surface area contributed by atoms with E-state index in [4.69, 9.17) is 4.74 Å². The van der Waals surface area contributed by atoms with E-state index in [-0.39, 0.29) is 0 Å². The van der Waals surface area contributed by atoms with E-state index < -0.39 is 15.8 Å². The van der Waals surface area contributed by atoms with Crippen molar-refractivity contribution in [2.45, 2.75) is 6.42 Å². The fourth-order valence-electron chi connectivity index (χ4n) is 4.94. The molecule has 0 amide bonds. The van der Waals surface area contributed by atoms with Gasteiger partial charge in [-0.25, -0.2) is 0 Å². The van der Waals surface area contributed by atoms with Gasteiger partial charge in [0.1, 0.15) is 11.5 Å². The van der Waals surface area contributed by atoms with Crippen LogP contribution in [-0.2, 0) is 0 Å². The molecule has 1 aliphatic carbocycles. The van der Waals surface area contributed by atoms with E-state index in [2.05, 4.69) is 170 Å². The lowest BCUT2D eigenvalue weighted by atomic mass is 10.3. The Morgan fingerprint density at radius 1 is 0.450 bits per heavy atom. The van der Waals surface area contributed by atoms with Crippen LogP contribution in [0.3, 0.4) is 0 Å². The van der Waals surface area contributed by atoms with Crippen LogP contribution in [0.2, 0.25) is 0 Å². The van der Waals surface area contributed by atoms with Crippen LogP contribution in [-0.4, -0.2) is 0 Å². The Labute approximate surface area is 239 Å². The topological polar surface area (TPSA) is 9.23 Å². The van der Waals surface area contributed by atoms with Crippen molar-refractivity contribution in [2.24, 2.45) is 0 Å². The maximum absolute atomic E-state index is 7.01. The van der Waals surface area contributed by atoms with Crippen LogP contribution in [0.4, 0.5) is 0 Å². The van der Waals surface area contributed by atoms with E-state index in [0.717, 1.165) is 17.9 Å². The number of rotatable bonds is 8. The van der Waals surface area contributed by atoms with Gasteiger partial charge >= 0.3 is 0 Å². The van der Waals surface area contributed by atoms with Crippen LogP contribution >= 0.6 is 15.8 Å². The highest BCUT2D eigenvalue weighted by atomic mass is 31.1. The van der Waals surface area contributed by atoms with Gasteiger partial charge in [-0.1, -0.05) is 158 Å². The first-order valence-electron chi connectivity index (χ1n) is 13.5. The minimum absolute atomic E-state index is 0.777. The summed E-state index contributed by atoms with van der Waals surface area (Å²) in [6, 6.07) is 51.9. The van der Waals surface area contributed by atoms with Gasteiger partial charge in [-0.3, -0.25) is 0 Å². The Hall–Kier alpha value is -4.02. The highest BCUT2D eigenvalue weighted by Crippen LogP contribution is 2.48. The van der Waals surface area contributed by atoms with Gasteiger partial charge in [-0.05, 0) is 55.6 Å². The molecule has 0 aliphatic heterocycles. The van der Waals surface area contributed by atoms with Gasteiger partial charge in [0.25, 0.3) is 0 Å². The van der Waals surface area contributed by atoms with E-state index in [1.54, 1.807) is 0 Å². The zero-order valence-electron chi connectivity index (χ0n) is 22.2. The summed E-state index contributed by atoms with van der Waals surface area (Å²) in [4.78, 5) is 0. The second-order valence-corrected chi connectivity index (χ2v) is 13.8. The third kappa shape index (κ3) is 5.93. The van der Waals surface area contributed by atoms with E-state index >= 15 is 0 Å². The van der Waals surface area contributed by atoms with Gasteiger partial charge in [0, 0.05) is 10.6 Å². The molecular weight excluding hydrogens is 522 g/mol. The molecule has 40 heavy (non-hydrogen) atoms. The fraction of sp³-hybridized carbons (Fsp3) is 0.0270. The molecule has 0 saturated carbocycles. The Morgan fingerprint density at radius 3 is 1.43 bits per heavy atom. The first kappa shape index (κ1) is 26.2. The molecular formula is C37H30OP2. The van der Waals surface area contributed by atoms with E-state index in [0.29, 0.717) is 0 Å². The van der Waals surface area contributed by atoms with E-state index in [1.165, 1.54) is 31.8 Å². The Bertz CT molecular complexity index is 1550. The van der Waals surface area contributed by atoms with Crippen LogP contribution < -0.4 is 31.3 Å². The molecule has 0 unspecified atom stereocenters. The minimum atomic E-state index is -0.800. The van der Waals surface area contributed by atoms with Gasteiger partial charge in [0.2, 0.25) is 0 Å². The number of ether oxygens (including phenoxy) is 1. The van der Waals surface area contributed by atoms with Crippen LogP contribution in [0.15, 0.2) is 181 Å². The Kier molecular flexibility index (Phi) is 8.45. The molecule has 5 aromatic rings. The van der Waals surface area contributed by atoms with Gasteiger partial charge < -0.3 is 4.74 Å². The molecule has 0 bridgehead atoms. The van der Waals surface area contributed by atoms with Crippen molar-refractivity contribution in [3.8, 4) is 5.75 Å². The summed E-state index contributed by atoms with van der Waals surface area (Å²) < 4.78 is 7.01. The zero-order chi connectivity index (χ0) is 27.0. The molecule has 6 rings (SSSR count). The van der Waals surface area contributed by atoms with Crippen molar-refractivity contribution in [1.82, 2.24) is 0 Å². The third-order valence-electron chi connectivity index (χ3n) is 6.74. The summed E-state index contributed by atoms with van der Waals surface area (Å²) in [5, 5.41) is 7.80. The van der Waals surface area contributed by atoms with Gasteiger partial charge in [0.15, 0.2) is 0 Å². The highest BCUT2D eigenvalue weighted by molar-refractivity contribution is 7.80. The maximum Gasteiger partial charge on any atom is 0.135 e. The lowest BCUT2D eigenvalue weighted by Gasteiger charge is -2.25. The van der Waals surface area contributed by atoms with Gasteiger partial charge in [0.05, 0.1) is 0 Å². The quantitative estimate of drug-likeness (QED) is 0.179. The molecule has 1 nitrogen and oxygen atoms in total. The predicted octanol–water partition coefficient (Wildman–Crippen LogP) is 7.68. The number of hydrogen-bond acceptors (Lipinski definition) is 1. The smallest absolute Gasteiger partial charge is 0.135 e. The summed E-state index contributed by atoms with van der Waals surface area (Å²) in [5.74, 6) is 1.85. The monoisotopic (exact) mass is 552 g/mol. The van der Waals surface area contributed by atoms with E-state index in [1.807, 2.05) is 0 Å². The van der Waals surface area contributed by atoms with Crippen LogP contribution in [0, 0.1) is 0 Å². The normalized spacial score (nSPS) is 13.1. The molecule has 0 N–H and O–H groups in total. The number of allylic oxidation sites excluding steroid dienone is 5. The SMILES string of the molecule is C1=CCC(P(c2ccccc2)c2ccccc2)=C(Oc2ccccc2P(c2ccccc2)c2ccccc2)C=C1. The molecule has 0 heterocycles. The number of hydrogen-bond donors (Lipinski definition) is 0. The molecule has 0 fully saturated rings. The van der Waals surface area contributed by atoms with Gasteiger partial charge in [-0.2, -0.15) is 0 Å². The fourth-order valence-corrected chi connectivity index (χ4v) is 9.80. The summed E-state index contributed by atoms with van der Waals surface area (Å²) in [5.41, 5.74) is 0. The Balaban J connectivity index is 1.49. The minimum Gasteiger partial charge on any atom is -0.456 e. The van der Waals surface area contributed by atoms with Crippen LogP contribution in [0.1, 0.15) is 6.42 Å². The van der Waals surface area contributed by atoms with Crippen molar-refractivity contribution < 1.29 is 4.74 Å². The molecule has 1 aliphatic rings. The van der Waals surface area contributed by atoms with Crippen molar-refractivity contribution in [2.75, 3.05) is 0 Å². The van der Waals surface area contributed by atoms with Gasteiger partial charge in [-0.15, -0.1) is 0 Å². The molecule has 0 radical (unpaired) electrons. The van der Waals surface area contributed by atoms with Crippen molar-refractivity contribution in [3.63, 3.8) is 0 Å². The van der Waals surface area contributed by atoms with Crippen molar-refractivity contribution in [3.05, 3.63) is 181 Å². The lowest BCUT2D eigenvalue weighted by Crippen LogP contribution is -2.22. The standard InChI is InChI=1S/C37H30OP2/c1-6-18-30(19-7-1)39(31-20-8-2-9-21-31)36-28-15-5-14-26-34(36)38-35-27-16-17-29-37(35)40(32-22-10-3-11-23-32)33-24-12-4-13-25-33/h1-27,29H,28H2. The molecule has 194 valence electrons. The molecule has 3 heteroatoms. The summed E-state index contributed by atoms with van der Waals surface area (Å²) >= 11 is 0. The zero-order valence-corrected chi connectivity index (χ0v) is 24.0. The number of benzene rings is 5. The summed E-state index contributed by atoms with van der Waals surface area (Å²) in [7, 11) is -1.58. The summed E-state index contributed by atoms with van der Waals surface area (Å²) in [6.07, 6.45) is 9.46. The lowest BCUT2D eigenvalue weighted by molar-refractivity contribution is 0.444. The van der Waals surface area contributed by atoms with Crippen molar-refractivity contribution >= 4 is 42.4 Å². The number of para-hydroxylation sites is 1.